The molecule has 42 heavy (non-hydrogen) atoms. The summed E-state index contributed by atoms with van der Waals surface area (Å²) < 4.78 is 5.32. The average molecular weight is 604 g/mol. The van der Waals surface area contributed by atoms with Gasteiger partial charge in [0.2, 0.25) is 5.91 Å². The van der Waals surface area contributed by atoms with Gasteiger partial charge in [0.1, 0.15) is 10.6 Å². The van der Waals surface area contributed by atoms with Crippen molar-refractivity contribution < 1.29 is 24.0 Å². The fourth-order valence-corrected chi connectivity index (χ4v) is 6.07. The maximum absolute atomic E-state index is 13.4. The van der Waals surface area contributed by atoms with Crippen molar-refractivity contribution in [2.75, 3.05) is 17.2 Å². The van der Waals surface area contributed by atoms with E-state index in [1.54, 1.807) is 25.1 Å². The highest BCUT2D eigenvalue weighted by atomic mass is 32.2. The predicted octanol–water partition coefficient (Wildman–Crippen LogP) is 7.57. The Morgan fingerprint density at radius 2 is 1.74 bits per heavy atom. The molecule has 11 heteroatoms. The van der Waals surface area contributed by atoms with Crippen molar-refractivity contribution in [2.45, 2.75) is 37.3 Å². The zero-order valence-electron chi connectivity index (χ0n) is 23.2. The van der Waals surface area contributed by atoms with Crippen molar-refractivity contribution in [3.63, 3.8) is 0 Å². The molecular formula is C31H29N3O6S2. The summed E-state index contributed by atoms with van der Waals surface area (Å²) in [5.74, 6) is -1.26. The van der Waals surface area contributed by atoms with Crippen molar-refractivity contribution in [2.24, 2.45) is 0 Å². The van der Waals surface area contributed by atoms with Gasteiger partial charge in [-0.2, -0.15) is 0 Å². The summed E-state index contributed by atoms with van der Waals surface area (Å²) in [5.41, 5.74) is 3.43. The summed E-state index contributed by atoms with van der Waals surface area (Å²) in [5, 5.41) is 18.5. The van der Waals surface area contributed by atoms with Crippen LogP contribution in [0.4, 0.5) is 16.4 Å². The van der Waals surface area contributed by atoms with Crippen LogP contribution in [0, 0.1) is 17.0 Å². The minimum absolute atomic E-state index is 0.159. The molecule has 9 nitrogen and oxygen atoms in total. The van der Waals surface area contributed by atoms with E-state index in [0.29, 0.717) is 28.2 Å². The Hall–Kier alpha value is -4.48. The molecular weight excluding hydrogens is 574 g/mol. The number of nitrogens with zero attached hydrogens (tertiary/aromatic N) is 1. The minimum Gasteiger partial charge on any atom is -0.462 e. The van der Waals surface area contributed by atoms with Gasteiger partial charge in [0.05, 0.1) is 16.8 Å². The number of non-ortho nitro benzene ring substituents is 1. The molecule has 216 valence electrons. The second-order valence-corrected chi connectivity index (χ2v) is 11.4. The molecule has 0 saturated carbocycles. The first kappa shape index (κ1) is 30.5. The lowest BCUT2D eigenvalue weighted by Gasteiger charge is -2.16. The van der Waals surface area contributed by atoms with Crippen LogP contribution in [0.15, 0.2) is 83.1 Å². The number of rotatable bonds is 11. The predicted molar refractivity (Wildman–Crippen MR) is 167 cm³/mol. The third-order valence-corrected chi connectivity index (χ3v) is 8.48. The summed E-state index contributed by atoms with van der Waals surface area (Å²) in [7, 11) is 0. The summed E-state index contributed by atoms with van der Waals surface area (Å²) in [4.78, 5) is 50.3. The molecule has 2 amide bonds. The molecule has 1 aromatic heterocycles. The molecule has 0 aliphatic heterocycles. The van der Waals surface area contributed by atoms with Crippen LogP contribution in [-0.2, 0) is 9.53 Å². The van der Waals surface area contributed by atoms with Gasteiger partial charge in [-0.1, -0.05) is 48.9 Å². The van der Waals surface area contributed by atoms with Gasteiger partial charge in [-0.15, -0.1) is 23.1 Å². The summed E-state index contributed by atoms with van der Waals surface area (Å²) >= 11 is 2.59. The molecule has 4 aromatic rings. The maximum Gasteiger partial charge on any atom is 0.341 e. The maximum atomic E-state index is 13.4. The van der Waals surface area contributed by atoms with Gasteiger partial charge in [-0.05, 0) is 50.1 Å². The van der Waals surface area contributed by atoms with Gasteiger partial charge in [-0.3, -0.25) is 19.7 Å². The number of anilines is 2. The number of hydrogen-bond donors (Lipinski definition) is 2. The van der Waals surface area contributed by atoms with E-state index in [1.807, 2.05) is 49.6 Å². The number of carbonyl (C=O) groups excluding carboxylic acids is 3. The average Bonchev–Trinajstić information content (AvgIpc) is 3.40. The standard InChI is InChI=1S/C31H29N3O6S2/c1-4-26(42-24-11-7-9-22(17-24)32-28(35)21-8-6-10-23(16-21)34(38)39)29(36)33-30-27(31(37)40-5-2)25(18-41-30)20-14-12-19(3)13-15-20/h6-18,26H,4-5H2,1-3H3,(H,32,35)(H,33,36). The van der Waals surface area contributed by atoms with E-state index in [-0.39, 0.29) is 23.8 Å². The quantitative estimate of drug-likeness (QED) is 0.0783. The number of nitrogens with one attached hydrogen (secondary N) is 2. The summed E-state index contributed by atoms with van der Waals surface area (Å²) in [6.45, 7) is 5.82. The molecule has 0 radical (unpaired) electrons. The number of ether oxygens (including phenoxy) is 1. The third-order valence-electron chi connectivity index (χ3n) is 6.22. The van der Waals surface area contributed by atoms with Crippen molar-refractivity contribution >= 4 is 57.3 Å². The van der Waals surface area contributed by atoms with E-state index in [0.717, 1.165) is 16.0 Å². The largest absolute Gasteiger partial charge is 0.462 e. The highest BCUT2D eigenvalue weighted by Crippen LogP contribution is 2.37. The van der Waals surface area contributed by atoms with Gasteiger partial charge in [-0.25, -0.2) is 4.79 Å². The summed E-state index contributed by atoms with van der Waals surface area (Å²) in [6, 6.07) is 20.3. The number of benzene rings is 3. The Kier molecular flexibility index (Phi) is 10.1. The molecule has 0 aliphatic rings. The van der Waals surface area contributed by atoms with Crippen LogP contribution >= 0.6 is 23.1 Å². The van der Waals surface area contributed by atoms with E-state index in [1.165, 1.54) is 47.4 Å². The van der Waals surface area contributed by atoms with Crippen LogP contribution < -0.4 is 10.6 Å². The molecule has 3 aromatic carbocycles. The zero-order valence-corrected chi connectivity index (χ0v) is 24.8. The van der Waals surface area contributed by atoms with Crippen LogP contribution in [0.25, 0.3) is 11.1 Å². The van der Waals surface area contributed by atoms with E-state index in [4.69, 9.17) is 4.74 Å². The number of amides is 2. The van der Waals surface area contributed by atoms with Crippen molar-refractivity contribution in [1.82, 2.24) is 0 Å². The smallest absolute Gasteiger partial charge is 0.341 e. The van der Waals surface area contributed by atoms with Gasteiger partial charge in [0, 0.05) is 39.2 Å². The molecule has 0 bridgehead atoms. The second kappa shape index (κ2) is 13.9. The molecule has 2 N–H and O–H groups in total. The molecule has 1 atom stereocenters. The topological polar surface area (TPSA) is 128 Å². The second-order valence-electron chi connectivity index (χ2n) is 9.23. The molecule has 0 fully saturated rings. The molecule has 0 aliphatic carbocycles. The lowest BCUT2D eigenvalue weighted by molar-refractivity contribution is -0.384. The lowest BCUT2D eigenvalue weighted by atomic mass is 10.0. The Bertz CT molecular complexity index is 1620. The number of nitro groups is 1. The summed E-state index contributed by atoms with van der Waals surface area (Å²) in [6.07, 6.45) is 0.506. The molecule has 0 spiro atoms. The first-order valence-corrected chi connectivity index (χ1v) is 14.9. The van der Waals surface area contributed by atoms with Crippen molar-refractivity contribution in [3.05, 3.63) is 105 Å². The normalized spacial score (nSPS) is 11.4. The SMILES string of the molecule is CCOC(=O)c1c(-c2ccc(C)cc2)csc1NC(=O)C(CC)Sc1cccc(NC(=O)c2cccc([N+](=O)[O-])c2)c1. The Labute approximate surface area is 251 Å². The van der Waals surface area contributed by atoms with Crippen LogP contribution in [0.1, 0.15) is 46.5 Å². The number of carbonyl (C=O) groups is 3. The monoisotopic (exact) mass is 603 g/mol. The van der Waals surface area contributed by atoms with Crippen LogP contribution in [0.5, 0.6) is 0 Å². The molecule has 4 rings (SSSR count). The molecule has 1 unspecified atom stereocenters. The van der Waals surface area contributed by atoms with Gasteiger partial charge >= 0.3 is 5.97 Å². The van der Waals surface area contributed by atoms with Gasteiger partial charge in [0.25, 0.3) is 11.6 Å². The van der Waals surface area contributed by atoms with E-state index >= 15 is 0 Å². The Balaban J connectivity index is 1.50. The van der Waals surface area contributed by atoms with Crippen molar-refractivity contribution in [3.8, 4) is 11.1 Å². The fourth-order valence-electron chi connectivity index (χ4n) is 4.09. The molecule has 0 saturated heterocycles. The van der Waals surface area contributed by atoms with Gasteiger partial charge < -0.3 is 15.4 Å². The van der Waals surface area contributed by atoms with Crippen molar-refractivity contribution in [1.29, 1.82) is 0 Å². The zero-order chi connectivity index (χ0) is 30.2. The molecule has 1 heterocycles. The Morgan fingerprint density at radius 3 is 2.43 bits per heavy atom. The Morgan fingerprint density at radius 1 is 1.00 bits per heavy atom. The van der Waals surface area contributed by atoms with Crippen LogP contribution in [0.3, 0.4) is 0 Å². The lowest BCUT2D eigenvalue weighted by Crippen LogP contribution is -2.25. The highest BCUT2D eigenvalue weighted by Gasteiger charge is 2.26. The fraction of sp³-hybridized carbons (Fsp3) is 0.194. The third kappa shape index (κ3) is 7.42. The van der Waals surface area contributed by atoms with Gasteiger partial charge in [0.15, 0.2) is 0 Å². The van der Waals surface area contributed by atoms with E-state index in [2.05, 4.69) is 10.6 Å². The van der Waals surface area contributed by atoms with E-state index < -0.39 is 22.0 Å². The number of thioether (sulfide) groups is 1. The number of thiophene rings is 1. The van der Waals surface area contributed by atoms with Crippen LogP contribution in [-0.4, -0.2) is 34.6 Å². The van der Waals surface area contributed by atoms with E-state index in [9.17, 15) is 24.5 Å². The first-order chi connectivity index (χ1) is 20.2. The first-order valence-electron chi connectivity index (χ1n) is 13.2. The number of esters is 1. The number of nitro benzene ring substituents is 1. The number of hydrogen-bond acceptors (Lipinski definition) is 8. The minimum atomic E-state index is -0.556. The van der Waals surface area contributed by atoms with Crippen LogP contribution in [0.2, 0.25) is 0 Å². The highest BCUT2D eigenvalue weighted by molar-refractivity contribution is 8.00. The number of aryl methyl sites for hydroxylation is 1.